The molecule has 10 heteroatoms. The van der Waals surface area contributed by atoms with Crippen LogP contribution >= 0.6 is 81.4 Å². The van der Waals surface area contributed by atoms with Gasteiger partial charge in [0.2, 0.25) is 11.8 Å². The van der Waals surface area contributed by atoms with Gasteiger partial charge in [-0.15, -0.1) is 35.0 Å². The molecule has 4 rings (SSSR count). The molecule has 2 bridgehead atoms. The van der Waals surface area contributed by atoms with Crippen LogP contribution in [0.3, 0.4) is 0 Å². The van der Waals surface area contributed by atoms with Gasteiger partial charge in [0.05, 0.1) is 27.6 Å². The summed E-state index contributed by atoms with van der Waals surface area (Å²) in [6.45, 7) is 0. The number of thioether (sulfide) groups is 1. The average molecular weight is 492 g/mol. The molecule has 1 saturated heterocycles. The summed E-state index contributed by atoms with van der Waals surface area (Å²) < 4.78 is -1.91. The Morgan fingerprint density at radius 2 is 1.46 bits per heavy atom. The number of hydrogen-bond acceptors (Lipinski definition) is 3. The van der Waals surface area contributed by atoms with E-state index in [0.717, 1.165) is 9.80 Å². The van der Waals surface area contributed by atoms with E-state index in [4.69, 9.17) is 69.6 Å². The van der Waals surface area contributed by atoms with Crippen LogP contribution in [0.25, 0.3) is 0 Å². The summed E-state index contributed by atoms with van der Waals surface area (Å²) in [5, 5.41) is -0.189. The highest BCUT2D eigenvalue weighted by atomic mass is 35.5. The molecule has 138 valence electrons. The van der Waals surface area contributed by atoms with E-state index in [2.05, 4.69) is 0 Å². The number of anilines is 1. The van der Waals surface area contributed by atoms with Gasteiger partial charge in [-0.2, -0.15) is 0 Å². The standard InChI is InChI=1S/C16H9Cl6NO2S/c1-26-7-4-2-3-6(5-7)23-12(24)8-9(13(23)25)15(20)11(18)10(17)14(8,19)16(15,21)22/h2-5,8-9H,1H3/t8-,9-,14+,15+/m1/s1. The average Bonchev–Trinajstić information content (AvgIpc) is 2.99. The number of benzene rings is 1. The van der Waals surface area contributed by atoms with Crippen molar-refractivity contribution >= 4 is 98.9 Å². The highest BCUT2D eigenvalue weighted by Gasteiger charge is 2.87. The van der Waals surface area contributed by atoms with Gasteiger partial charge in [0.25, 0.3) is 0 Å². The van der Waals surface area contributed by atoms with Gasteiger partial charge in [0.1, 0.15) is 9.75 Å². The lowest BCUT2D eigenvalue weighted by Gasteiger charge is -2.34. The van der Waals surface area contributed by atoms with Crippen LogP contribution in [-0.2, 0) is 9.59 Å². The van der Waals surface area contributed by atoms with E-state index in [0.29, 0.717) is 5.69 Å². The number of carbonyl (C=O) groups is 2. The number of carbonyl (C=O) groups excluding carboxylic acids is 2. The molecule has 1 aliphatic heterocycles. The molecule has 4 atom stereocenters. The first kappa shape index (κ1) is 19.5. The number of nitrogens with zero attached hydrogens (tertiary/aromatic N) is 1. The second-order valence-electron chi connectivity index (χ2n) is 6.29. The van der Waals surface area contributed by atoms with Crippen molar-refractivity contribution in [3.8, 4) is 0 Å². The normalized spacial score (nSPS) is 37.7. The van der Waals surface area contributed by atoms with Crippen molar-refractivity contribution in [2.75, 3.05) is 11.2 Å². The predicted octanol–water partition coefficient (Wildman–Crippen LogP) is 5.36. The Morgan fingerprint density at radius 3 is 1.92 bits per heavy atom. The van der Waals surface area contributed by atoms with Gasteiger partial charge in [-0.1, -0.05) is 52.5 Å². The molecule has 0 N–H and O–H groups in total. The van der Waals surface area contributed by atoms with Gasteiger partial charge in [-0.3, -0.25) is 9.59 Å². The molecule has 2 aliphatic carbocycles. The topological polar surface area (TPSA) is 37.4 Å². The number of alkyl halides is 4. The zero-order chi connectivity index (χ0) is 19.2. The molecule has 2 fully saturated rings. The molecule has 3 aliphatic rings. The Bertz CT molecular complexity index is 858. The lowest BCUT2D eigenvalue weighted by Crippen LogP contribution is -2.50. The van der Waals surface area contributed by atoms with Gasteiger partial charge < -0.3 is 0 Å². The van der Waals surface area contributed by atoms with Crippen molar-refractivity contribution < 1.29 is 9.59 Å². The first-order valence-electron chi connectivity index (χ1n) is 7.38. The van der Waals surface area contributed by atoms with Crippen molar-refractivity contribution in [3.05, 3.63) is 34.3 Å². The summed E-state index contributed by atoms with van der Waals surface area (Å²) in [7, 11) is 0. The maximum absolute atomic E-state index is 13.2. The zero-order valence-electron chi connectivity index (χ0n) is 12.9. The summed E-state index contributed by atoms with van der Waals surface area (Å²) in [5.74, 6) is -3.33. The van der Waals surface area contributed by atoms with Crippen LogP contribution in [0.2, 0.25) is 0 Å². The predicted molar refractivity (Wildman–Crippen MR) is 108 cm³/mol. The lowest BCUT2D eigenvalue weighted by molar-refractivity contribution is -0.123. The Labute approximate surface area is 183 Å². The monoisotopic (exact) mass is 489 g/mol. The van der Waals surface area contributed by atoms with Crippen LogP contribution in [0.4, 0.5) is 5.69 Å². The first-order valence-corrected chi connectivity index (χ1v) is 10.9. The second kappa shape index (κ2) is 5.85. The Morgan fingerprint density at radius 1 is 0.962 bits per heavy atom. The van der Waals surface area contributed by atoms with E-state index in [1.807, 2.05) is 12.3 Å². The fourth-order valence-corrected chi connectivity index (χ4v) is 7.38. The number of amides is 2. The Kier molecular flexibility index (Phi) is 4.39. The second-order valence-corrected chi connectivity index (χ2v) is 10.4. The number of hydrogen-bond donors (Lipinski definition) is 0. The van der Waals surface area contributed by atoms with Crippen molar-refractivity contribution in [1.82, 2.24) is 0 Å². The molecule has 1 aromatic rings. The van der Waals surface area contributed by atoms with E-state index < -0.39 is 37.7 Å². The lowest BCUT2D eigenvalue weighted by atomic mass is 9.84. The minimum atomic E-state index is -1.91. The van der Waals surface area contributed by atoms with Crippen molar-refractivity contribution in [1.29, 1.82) is 0 Å². The van der Waals surface area contributed by atoms with Gasteiger partial charge in [0, 0.05) is 4.90 Å². The molecular weight excluding hydrogens is 483 g/mol. The summed E-state index contributed by atoms with van der Waals surface area (Å²) in [6, 6.07) is 7.01. The summed E-state index contributed by atoms with van der Waals surface area (Å²) in [4.78, 5) is 24.8. The minimum absolute atomic E-state index is 0.0945. The molecule has 26 heavy (non-hydrogen) atoms. The summed E-state index contributed by atoms with van der Waals surface area (Å²) in [6.07, 6.45) is 1.89. The van der Waals surface area contributed by atoms with Gasteiger partial charge in [-0.25, -0.2) is 4.90 Å². The van der Waals surface area contributed by atoms with Crippen LogP contribution in [0.15, 0.2) is 39.2 Å². The van der Waals surface area contributed by atoms with E-state index in [9.17, 15) is 9.59 Å². The third kappa shape index (κ3) is 1.93. The molecule has 0 unspecified atom stereocenters. The first-order chi connectivity index (χ1) is 12.0. The van der Waals surface area contributed by atoms with Crippen molar-refractivity contribution in [2.45, 2.75) is 19.0 Å². The van der Waals surface area contributed by atoms with Crippen LogP contribution < -0.4 is 4.90 Å². The maximum atomic E-state index is 13.2. The third-order valence-electron chi connectivity index (χ3n) is 5.22. The molecule has 3 nitrogen and oxygen atoms in total. The van der Waals surface area contributed by atoms with Gasteiger partial charge in [-0.05, 0) is 24.5 Å². The fourth-order valence-electron chi connectivity index (χ4n) is 4.00. The Balaban J connectivity index is 1.89. The molecule has 0 spiro atoms. The number of rotatable bonds is 2. The largest absolute Gasteiger partial charge is 0.274 e. The van der Waals surface area contributed by atoms with E-state index in [1.54, 1.807) is 18.2 Å². The van der Waals surface area contributed by atoms with Crippen LogP contribution in [0.1, 0.15) is 0 Å². The summed E-state index contributed by atoms with van der Waals surface area (Å²) >= 11 is 40.3. The molecule has 0 radical (unpaired) electrons. The zero-order valence-corrected chi connectivity index (χ0v) is 18.3. The molecule has 1 saturated carbocycles. The minimum Gasteiger partial charge on any atom is -0.274 e. The highest BCUT2D eigenvalue weighted by molar-refractivity contribution is 7.98. The van der Waals surface area contributed by atoms with Crippen LogP contribution in [-0.4, -0.2) is 32.2 Å². The maximum Gasteiger partial charge on any atom is 0.240 e. The molecule has 2 amide bonds. The molecule has 1 aromatic carbocycles. The quantitative estimate of drug-likeness (QED) is 0.317. The number of allylic oxidation sites excluding steroid dienone is 2. The van der Waals surface area contributed by atoms with Gasteiger partial charge in [0.15, 0.2) is 4.33 Å². The molecule has 0 aromatic heterocycles. The Hall–Kier alpha value is 0.190. The number of fused-ring (bicyclic) bond motifs is 5. The molecular formula is C16H9Cl6NO2S. The van der Waals surface area contributed by atoms with Gasteiger partial charge >= 0.3 is 0 Å². The van der Waals surface area contributed by atoms with E-state index in [1.165, 1.54) is 11.8 Å². The highest BCUT2D eigenvalue weighted by Crippen LogP contribution is 2.77. The van der Waals surface area contributed by atoms with Crippen LogP contribution in [0, 0.1) is 11.8 Å². The molecule has 1 heterocycles. The number of halogens is 6. The van der Waals surface area contributed by atoms with Crippen molar-refractivity contribution in [3.63, 3.8) is 0 Å². The smallest absolute Gasteiger partial charge is 0.240 e. The van der Waals surface area contributed by atoms with Crippen molar-refractivity contribution in [2.24, 2.45) is 11.8 Å². The SMILES string of the molecule is CSc1cccc(N2C(=O)[C@H]3[C@H](C2=O)[C@]2(Cl)C(Cl)=C(Cl)[C@]3(Cl)C2(Cl)Cl)c1. The fraction of sp³-hybridized carbons (Fsp3) is 0.375. The third-order valence-corrected chi connectivity index (χ3v) is 10.2. The van der Waals surface area contributed by atoms with Crippen LogP contribution in [0.5, 0.6) is 0 Å². The van der Waals surface area contributed by atoms with E-state index in [-0.39, 0.29) is 10.1 Å². The summed E-state index contributed by atoms with van der Waals surface area (Å²) in [5.41, 5.74) is 0.420. The number of imide groups is 1. The van der Waals surface area contributed by atoms with E-state index >= 15 is 0 Å².